The van der Waals surface area contributed by atoms with Gasteiger partial charge >= 0.3 is 5.97 Å². The Bertz CT molecular complexity index is 779. The fraction of sp³-hybridized carbons (Fsp3) is 0.0625. The second-order valence-corrected chi connectivity index (χ2v) is 5.42. The van der Waals surface area contributed by atoms with Crippen LogP contribution >= 0.6 is 23.8 Å². The lowest BCUT2D eigenvalue weighted by molar-refractivity contribution is 0.0729. The van der Waals surface area contributed by atoms with Crippen molar-refractivity contribution in [3.63, 3.8) is 0 Å². The molecule has 0 saturated heterocycles. The number of nitrogens with two attached hydrogens (primary N) is 1. The van der Waals surface area contributed by atoms with E-state index in [4.69, 9.17) is 26.8 Å². The number of benzene rings is 2. The van der Waals surface area contributed by atoms with E-state index in [1.807, 2.05) is 0 Å². The lowest BCUT2D eigenvalue weighted by Gasteiger charge is -2.10. The van der Waals surface area contributed by atoms with Crippen LogP contribution in [0, 0.1) is 0 Å². The van der Waals surface area contributed by atoms with Crippen LogP contribution in [-0.4, -0.2) is 24.4 Å². The zero-order valence-corrected chi connectivity index (χ0v) is 14.2. The number of carbonyl (C=O) groups is 1. The third-order valence-corrected chi connectivity index (χ3v) is 3.20. The quantitative estimate of drug-likeness (QED) is 0.279. The molecule has 124 valence electrons. The van der Waals surface area contributed by atoms with Gasteiger partial charge in [0.05, 0.1) is 18.9 Å². The van der Waals surface area contributed by atoms with Gasteiger partial charge in [0.2, 0.25) is 0 Å². The number of hydrazone groups is 1. The third kappa shape index (κ3) is 4.94. The minimum atomic E-state index is -0.512. The molecule has 2 aromatic carbocycles. The van der Waals surface area contributed by atoms with Crippen LogP contribution in [0.3, 0.4) is 0 Å². The van der Waals surface area contributed by atoms with Gasteiger partial charge in [-0.3, -0.25) is 5.43 Å². The van der Waals surface area contributed by atoms with E-state index in [1.165, 1.54) is 13.3 Å². The van der Waals surface area contributed by atoms with Crippen molar-refractivity contribution in [1.82, 2.24) is 5.43 Å². The summed E-state index contributed by atoms with van der Waals surface area (Å²) in [6.45, 7) is 0. The van der Waals surface area contributed by atoms with E-state index in [9.17, 15) is 4.79 Å². The number of hydrogen-bond acceptors (Lipinski definition) is 5. The van der Waals surface area contributed by atoms with E-state index >= 15 is 0 Å². The van der Waals surface area contributed by atoms with Crippen molar-refractivity contribution in [3.05, 3.63) is 58.6 Å². The molecule has 0 saturated carbocycles. The molecule has 2 rings (SSSR count). The van der Waals surface area contributed by atoms with Crippen molar-refractivity contribution in [3.8, 4) is 11.5 Å². The Labute approximate surface area is 149 Å². The van der Waals surface area contributed by atoms with Gasteiger partial charge in [-0.05, 0) is 60.2 Å². The fourth-order valence-corrected chi connectivity index (χ4v) is 1.94. The summed E-state index contributed by atoms with van der Waals surface area (Å²) in [6.07, 6.45) is 1.51. The smallest absolute Gasteiger partial charge is 0.343 e. The molecule has 0 bridgehead atoms. The minimum absolute atomic E-state index is 0.0618. The highest BCUT2D eigenvalue weighted by molar-refractivity contribution is 7.80. The molecule has 0 amide bonds. The van der Waals surface area contributed by atoms with Crippen LogP contribution in [0.1, 0.15) is 15.9 Å². The third-order valence-electron chi connectivity index (χ3n) is 2.86. The number of nitrogens with one attached hydrogen (secondary N) is 1. The van der Waals surface area contributed by atoms with Crippen molar-refractivity contribution in [2.24, 2.45) is 10.8 Å². The first kappa shape index (κ1) is 17.7. The summed E-state index contributed by atoms with van der Waals surface area (Å²) >= 11 is 10.4. The maximum Gasteiger partial charge on any atom is 0.343 e. The number of carbonyl (C=O) groups excluding carboxylic acids is 1. The Hall–Kier alpha value is -2.64. The molecule has 6 nitrogen and oxygen atoms in total. The van der Waals surface area contributed by atoms with E-state index in [0.717, 1.165) is 0 Å². The van der Waals surface area contributed by atoms with Crippen LogP contribution in [0.15, 0.2) is 47.6 Å². The molecule has 24 heavy (non-hydrogen) atoms. The highest BCUT2D eigenvalue weighted by atomic mass is 35.5. The molecule has 0 atom stereocenters. The van der Waals surface area contributed by atoms with Gasteiger partial charge < -0.3 is 15.2 Å². The highest BCUT2D eigenvalue weighted by Gasteiger charge is 2.12. The Morgan fingerprint density at radius 2 is 1.96 bits per heavy atom. The first-order valence-electron chi connectivity index (χ1n) is 6.74. The van der Waals surface area contributed by atoms with Crippen LogP contribution in [-0.2, 0) is 0 Å². The Kier molecular flexibility index (Phi) is 6.11. The highest BCUT2D eigenvalue weighted by Crippen LogP contribution is 2.28. The Morgan fingerprint density at radius 3 is 2.58 bits per heavy atom. The van der Waals surface area contributed by atoms with Gasteiger partial charge in [-0.1, -0.05) is 11.6 Å². The normalized spacial score (nSPS) is 10.4. The van der Waals surface area contributed by atoms with E-state index in [0.29, 0.717) is 21.9 Å². The number of esters is 1. The first-order chi connectivity index (χ1) is 11.5. The SMILES string of the molecule is COc1cc(/C=N\NC(N)=S)ccc1OC(=O)c1ccc(Cl)cc1. The Balaban J connectivity index is 2.15. The van der Waals surface area contributed by atoms with Gasteiger partial charge in [0.1, 0.15) is 0 Å². The molecule has 0 radical (unpaired) electrons. The lowest BCUT2D eigenvalue weighted by atomic mass is 10.2. The maximum absolute atomic E-state index is 12.1. The molecule has 3 N–H and O–H groups in total. The number of rotatable bonds is 5. The molecule has 0 heterocycles. The van der Waals surface area contributed by atoms with Crippen molar-refractivity contribution in [1.29, 1.82) is 0 Å². The van der Waals surface area contributed by atoms with Crippen LogP contribution in [0.5, 0.6) is 11.5 Å². The molecule has 0 aliphatic rings. The summed E-state index contributed by atoms with van der Waals surface area (Å²) in [7, 11) is 1.48. The minimum Gasteiger partial charge on any atom is -0.493 e. The molecule has 0 aliphatic carbocycles. The fourth-order valence-electron chi connectivity index (χ4n) is 1.76. The summed E-state index contributed by atoms with van der Waals surface area (Å²) < 4.78 is 10.6. The molecule has 0 aromatic heterocycles. The molecule has 8 heteroatoms. The molecule has 0 unspecified atom stereocenters. The van der Waals surface area contributed by atoms with Crippen molar-refractivity contribution in [2.75, 3.05) is 7.11 Å². The summed E-state index contributed by atoms with van der Waals surface area (Å²) in [6, 6.07) is 11.4. The lowest BCUT2D eigenvalue weighted by Crippen LogP contribution is -2.23. The Morgan fingerprint density at radius 1 is 1.25 bits per heavy atom. The summed E-state index contributed by atoms with van der Waals surface area (Å²) in [5.74, 6) is 0.162. The van der Waals surface area contributed by atoms with Crippen molar-refractivity contribution >= 4 is 41.1 Å². The van der Waals surface area contributed by atoms with E-state index in [1.54, 1.807) is 42.5 Å². The zero-order valence-electron chi connectivity index (χ0n) is 12.7. The van der Waals surface area contributed by atoms with Crippen molar-refractivity contribution < 1.29 is 14.3 Å². The maximum atomic E-state index is 12.1. The number of hydrogen-bond donors (Lipinski definition) is 2. The van der Waals surface area contributed by atoms with Gasteiger partial charge in [-0.25, -0.2) is 4.79 Å². The van der Waals surface area contributed by atoms with Crippen molar-refractivity contribution in [2.45, 2.75) is 0 Å². The first-order valence-corrected chi connectivity index (χ1v) is 7.52. The average Bonchev–Trinajstić information content (AvgIpc) is 2.56. The van der Waals surface area contributed by atoms with Gasteiger partial charge in [0.25, 0.3) is 0 Å². The molecule has 2 aromatic rings. The predicted molar refractivity (Wildman–Crippen MR) is 96.9 cm³/mol. The van der Waals surface area contributed by atoms with Crippen LogP contribution in [0.2, 0.25) is 5.02 Å². The number of ether oxygens (including phenoxy) is 2. The van der Waals surface area contributed by atoms with Gasteiger partial charge in [-0.15, -0.1) is 0 Å². The largest absolute Gasteiger partial charge is 0.493 e. The molecule has 0 fully saturated rings. The van der Waals surface area contributed by atoms with Gasteiger partial charge in [-0.2, -0.15) is 5.10 Å². The van der Waals surface area contributed by atoms with Crippen LogP contribution < -0.4 is 20.6 Å². The zero-order chi connectivity index (χ0) is 17.5. The number of nitrogens with zero attached hydrogens (tertiary/aromatic N) is 1. The van der Waals surface area contributed by atoms with E-state index in [2.05, 4.69) is 22.7 Å². The van der Waals surface area contributed by atoms with Gasteiger partial charge in [0.15, 0.2) is 16.6 Å². The number of halogens is 1. The summed E-state index contributed by atoms with van der Waals surface area (Å²) in [5.41, 5.74) is 8.81. The molecule has 0 spiro atoms. The van der Waals surface area contributed by atoms with Gasteiger partial charge in [0, 0.05) is 5.02 Å². The molecular weight excluding hydrogens is 350 g/mol. The summed E-state index contributed by atoms with van der Waals surface area (Å²) in [5, 5.41) is 4.45. The number of thiocarbonyl (C=S) groups is 1. The van der Waals surface area contributed by atoms with Crippen LogP contribution in [0.4, 0.5) is 0 Å². The standard InChI is InChI=1S/C16H14ClN3O3S/c1-22-14-8-10(9-19-20-16(18)24)2-7-13(14)23-15(21)11-3-5-12(17)6-4-11/h2-9H,1H3,(H3,18,20,24)/b19-9-. The molecule has 0 aliphatic heterocycles. The predicted octanol–water partition coefficient (Wildman–Crippen LogP) is 2.73. The second-order valence-electron chi connectivity index (χ2n) is 4.54. The van der Waals surface area contributed by atoms with E-state index < -0.39 is 5.97 Å². The monoisotopic (exact) mass is 363 g/mol. The summed E-state index contributed by atoms with van der Waals surface area (Å²) in [4.78, 5) is 12.1. The second kappa shape index (κ2) is 8.28. The van der Waals surface area contributed by atoms with E-state index in [-0.39, 0.29) is 10.9 Å². The topological polar surface area (TPSA) is 85.9 Å². The average molecular weight is 364 g/mol. The number of methoxy groups -OCH3 is 1. The molecular formula is C16H14ClN3O3S. The van der Waals surface area contributed by atoms with Crippen LogP contribution in [0.25, 0.3) is 0 Å².